The van der Waals surface area contributed by atoms with Crippen molar-refractivity contribution in [2.75, 3.05) is 20.2 Å². The van der Waals surface area contributed by atoms with Gasteiger partial charge >= 0.3 is 0 Å². The summed E-state index contributed by atoms with van der Waals surface area (Å²) in [5, 5.41) is 12.3. The van der Waals surface area contributed by atoms with Gasteiger partial charge in [-0.3, -0.25) is 0 Å². The van der Waals surface area contributed by atoms with E-state index in [1.807, 2.05) is 37.4 Å². The second-order valence-corrected chi connectivity index (χ2v) is 5.56. The second kappa shape index (κ2) is 8.16. The van der Waals surface area contributed by atoms with E-state index in [0.717, 1.165) is 33.4 Å². The van der Waals surface area contributed by atoms with Gasteiger partial charge in [-0.25, -0.2) is 0 Å². The molecule has 3 aromatic rings. The molecule has 0 unspecified atom stereocenters. The van der Waals surface area contributed by atoms with Crippen LogP contribution in [0.3, 0.4) is 0 Å². The van der Waals surface area contributed by atoms with E-state index in [1.54, 1.807) is 0 Å². The predicted octanol–water partition coefficient (Wildman–Crippen LogP) is -0.324. The van der Waals surface area contributed by atoms with Gasteiger partial charge in [-0.05, 0) is 22.9 Å². The molecule has 3 nitrogen and oxygen atoms in total. The molecule has 0 radical (unpaired) electrons. The molecule has 0 aromatic heterocycles. The third kappa shape index (κ3) is 3.94. The molecule has 3 aromatic carbocycles. The minimum Gasteiger partial charge on any atom is -1.00 e. The van der Waals surface area contributed by atoms with Crippen molar-refractivity contribution in [1.29, 1.82) is 0 Å². The molecule has 23 heavy (non-hydrogen) atoms. The van der Waals surface area contributed by atoms with Crippen LogP contribution in [0.25, 0.3) is 21.5 Å². The van der Waals surface area contributed by atoms with Crippen LogP contribution in [-0.2, 0) is 4.84 Å². The average molecular weight is 349 g/mol. The third-order valence-corrected chi connectivity index (χ3v) is 3.82. The fraction of sp³-hybridized carbons (Fsp3) is 0.167. The van der Waals surface area contributed by atoms with Gasteiger partial charge in [0.15, 0.2) is 6.61 Å². The molecule has 0 aliphatic heterocycles. The molecule has 0 amide bonds. The molecule has 0 fully saturated rings. The monoisotopic (exact) mass is 348 g/mol. The van der Waals surface area contributed by atoms with E-state index < -0.39 is 0 Å². The second-order valence-electron chi connectivity index (χ2n) is 5.12. The first-order chi connectivity index (χ1) is 10.8. The minimum absolute atomic E-state index is 0. The molecule has 0 saturated carbocycles. The molecular weight excluding hydrogens is 331 g/mol. The van der Waals surface area contributed by atoms with Crippen molar-refractivity contribution in [2.45, 2.75) is 0 Å². The van der Waals surface area contributed by atoms with Crippen LogP contribution in [0.2, 0.25) is 5.02 Å². The van der Waals surface area contributed by atoms with Gasteiger partial charge in [-0.2, -0.15) is 0 Å². The lowest BCUT2D eigenvalue weighted by Crippen LogP contribution is -3.00. The van der Waals surface area contributed by atoms with Crippen LogP contribution < -0.4 is 23.1 Å². The number of quaternary nitrogens is 1. The summed E-state index contributed by atoms with van der Waals surface area (Å²) < 4.78 is 0. The highest BCUT2D eigenvalue weighted by atomic mass is 35.5. The van der Waals surface area contributed by atoms with Crippen LogP contribution in [-0.4, -0.2) is 20.2 Å². The summed E-state index contributed by atoms with van der Waals surface area (Å²) in [4.78, 5) is 5.51. The minimum atomic E-state index is 0. The van der Waals surface area contributed by atoms with Crippen LogP contribution in [0.1, 0.15) is 0 Å². The quantitative estimate of drug-likeness (QED) is 0.509. The summed E-state index contributed by atoms with van der Waals surface area (Å²) >= 11 is 6.18. The van der Waals surface area contributed by atoms with Crippen LogP contribution >= 0.6 is 11.6 Å². The zero-order chi connectivity index (χ0) is 15.4. The highest BCUT2D eigenvalue weighted by molar-refractivity contribution is 6.31. The zero-order valence-corrected chi connectivity index (χ0v) is 14.3. The predicted molar refractivity (Wildman–Crippen MR) is 90.7 cm³/mol. The van der Waals surface area contributed by atoms with Gasteiger partial charge in [-0.1, -0.05) is 59.2 Å². The molecular formula is C18H18Cl2N2O. The summed E-state index contributed by atoms with van der Waals surface area (Å²) in [7, 11) is 2.01. The number of hydrogen-bond donors (Lipinski definition) is 1. The maximum absolute atomic E-state index is 6.18. The third-order valence-electron chi connectivity index (χ3n) is 3.58. The number of hydrogen-bond acceptors (Lipinski definition) is 2. The lowest BCUT2D eigenvalue weighted by Gasteiger charge is -1.99. The first kappa shape index (κ1) is 17.5. The summed E-state index contributed by atoms with van der Waals surface area (Å²) in [5.74, 6) is 0. The standard InChI is InChI=1S/C18H17ClN2O.ClH/c1-20-10-11-22-21-18-16-5-3-2-4-13(16)6-7-14-8-9-15(19)12-17(14)18;/h2-9,12,20H,10-11H2,1H3;1H/b21-18+;. The zero-order valence-electron chi connectivity index (χ0n) is 12.8. The lowest BCUT2D eigenvalue weighted by atomic mass is 10.1. The Morgan fingerprint density at radius 1 is 1.00 bits per heavy atom. The highest BCUT2D eigenvalue weighted by Crippen LogP contribution is 2.19. The van der Waals surface area contributed by atoms with Gasteiger partial charge < -0.3 is 22.6 Å². The Kier molecular flexibility index (Phi) is 6.22. The Labute approximate surface area is 146 Å². The number of fused-ring (bicyclic) bond motifs is 2. The van der Waals surface area contributed by atoms with Gasteiger partial charge in [0.05, 0.1) is 7.05 Å². The van der Waals surface area contributed by atoms with E-state index in [1.165, 1.54) is 0 Å². The maximum atomic E-state index is 6.18. The van der Waals surface area contributed by atoms with Crippen molar-refractivity contribution in [3.8, 4) is 0 Å². The van der Waals surface area contributed by atoms with E-state index in [0.29, 0.717) is 11.6 Å². The molecule has 0 aliphatic carbocycles. The SMILES string of the molecule is C[NH2+]CCO/N=c1\c2ccccc2ccc2ccc(Cl)cc12.[Cl-]. The van der Waals surface area contributed by atoms with E-state index in [9.17, 15) is 0 Å². The van der Waals surface area contributed by atoms with Crippen molar-refractivity contribution < 1.29 is 22.6 Å². The molecule has 120 valence electrons. The smallest absolute Gasteiger partial charge is 0.165 e. The van der Waals surface area contributed by atoms with Gasteiger partial charge in [0.25, 0.3) is 0 Å². The fourth-order valence-electron chi connectivity index (χ4n) is 2.44. The number of nitrogens with two attached hydrogens (primary N) is 1. The van der Waals surface area contributed by atoms with Crippen LogP contribution in [0.15, 0.2) is 59.8 Å². The summed E-state index contributed by atoms with van der Waals surface area (Å²) in [6.45, 7) is 1.45. The van der Waals surface area contributed by atoms with E-state index in [-0.39, 0.29) is 12.4 Å². The lowest BCUT2D eigenvalue weighted by molar-refractivity contribution is -0.628. The Hall–Kier alpha value is -1.81. The van der Waals surface area contributed by atoms with Crippen molar-refractivity contribution in [1.82, 2.24) is 0 Å². The van der Waals surface area contributed by atoms with Crippen LogP contribution in [0.5, 0.6) is 0 Å². The maximum Gasteiger partial charge on any atom is 0.165 e. The Balaban J connectivity index is 0.00000192. The van der Waals surface area contributed by atoms with Crippen LogP contribution in [0, 0.1) is 0 Å². The summed E-state index contributed by atoms with van der Waals surface area (Å²) in [5.41, 5.74) is 0. The number of nitrogens with zero attached hydrogens (tertiary/aromatic N) is 1. The van der Waals surface area contributed by atoms with Crippen molar-refractivity contribution in [2.24, 2.45) is 5.16 Å². The highest BCUT2D eigenvalue weighted by Gasteiger charge is 2.02. The van der Waals surface area contributed by atoms with Gasteiger partial charge in [0.1, 0.15) is 11.9 Å². The Bertz CT molecular complexity index is 881. The molecule has 3 rings (SSSR count). The molecule has 0 heterocycles. The first-order valence-corrected chi connectivity index (χ1v) is 7.72. The Morgan fingerprint density at radius 3 is 2.48 bits per heavy atom. The molecule has 0 bridgehead atoms. The number of likely N-dealkylation sites (N-methyl/N-ethyl adjacent to an activating group) is 1. The fourth-order valence-corrected chi connectivity index (χ4v) is 2.61. The average Bonchev–Trinajstić information content (AvgIpc) is 2.69. The molecule has 0 spiro atoms. The molecule has 5 heteroatoms. The van der Waals surface area contributed by atoms with Gasteiger partial charge in [0, 0.05) is 15.8 Å². The van der Waals surface area contributed by atoms with Gasteiger partial charge in [-0.15, -0.1) is 0 Å². The molecule has 2 N–H and O–H groups in total. The summed E-state index contributed by atoms with van der Waals surface area (Å²) in [6, 6.07) is 18.2. The normalized spacial score (nSPS) is 11.5. The largest absolute Gasteiger partial charge is 1.00 e. The van der Waals surface area contributed by atoms with E-state index in [4.69, 9.17) is 16.4 Å². The van der Waals surface area contributed by atoms with Crippen molar-refractivity contribution in [3.63, 3.8) is 0 Å². The topological polar surface area (TPSA) is 38.2 Å². The van der Waals surface area contributed by atoms with E-state index >= 15 is 0 Å². The first-order valence-electron chi connectivity index (χ1n) is 7.35. The van der Waals surface area contributed by atoms with Crippen molar-refractivity contribution in [3.05, 3.63) is 65.0 Å². The van der Waals surface area contributed by atoms with E-state index in [2.05, 4.69) is 34.7 Å². The Morgan fingerprint density at radius 2 is 1.70 bits per heavy atom. The number of benzene rings is 2. The molecule has 0 saturated heterocycles. The summed E-state index contributed by atoms with van der Waals surface area (Å²) in [6.07, 6.45) is 0. The molecule has 0 aliphatic rings. The van der Waals surface area contributed by atoms with Gasteiger partial charge in [0.2, 0.25) is 0 Å². The number of rotatable bonds is 4. The molecule has 0 atom stereocenters. The van der Waals surface area contributed by atoms with Crippen LogP contribution in [0.4, 0.5) is 0 Å². The number of halogens is 2. The van der Waals surface area contributed by atoms with Crippen molar-refractivity contribution >= 4 is 33.1 Å².